The number of hydrogen-bond donors (Lipinski definition) is 4. The van der Waals surface area contributed by atoms with Gasteiger partial charge in [-0.25, -0.2) is 0 Å². The molecule has 0 fully saturated rings. The summed E-state index contributed by atoms with van der Waals surface area (Å²) in [5, 5.41) is 19.4. The Morgan fingerprint density at radius 2 is 1.88 bits per heavy atom. The Balaban J connectivity index is 4.13. The Hall–Kier alpha value is -1.11. The second-order valence-corrected chi connectivity index (χ2v) is 3.89. The molecule has 16 heavy (non-hydrogen) atoms. The van der Waals surface area contributed by atoms with Gasteiger partial charge in [0, 0.05) is 0 Å². The van der Waals surface area contributed by atoms with Crippen LogP contribution in [0.2, 0.25) is 5.32 Å². The fourth-order valence-electron chi connectivity index (χ4n) is 0.874. The molecule has 2 atom stereocenters. The molecular formula is C8H14N2O5Se. The van der Waals surface area contributed by atoms with Gasteiger partial charge >= 0.3 is 99.8 Å². The van der Waals surface area contributed by atoms with Gasteiger partial charge in [-0.1, -0.05) is 0 Å². The zero-order chi connectivity index (χ0) is 12.7. The van der Waals surface area contributed by atoms with E-state index in [-0.39, 0.29) is 18.2 Å². The van der Waals surface area contributed by atoms with Gasteiger partial charge in [0.25, 0.3) is 0 Å². The van der Waals surface area contributed by atoms with E-state index in [4.69, 9.17) is 15.9 Å². The Morgan fingerprint density at radius 3 is 2.25 bits per heavy atom. The maximum atomic E-state index is 11.3. The molecule has 0 aromatic carbocycles. The van der Waals surface area contributed by atoms with Gasteiger partial charge in [0.15, 0.2) is 0 Å². The van der Waals surface area contributed by atoms with Crippen LogP contribution in [-0.4, -0.2) is 56.2 Å². The van der Waals surface area contributed by atoms with Crippen molar-refractivity contribution in [3.63, 3.8) is 0 Å². The molecule has 0 aliphatic rings. The van der Waals surface area contributed by atoms with Crippen molar-refractivity contribution in [3.05, 3.63) is 0 Å². The van der Waals surface area contributed by atoms with E-state index < -0.39 is 29.9 Å². The summed E-state index contributed by atoms with van der Waals surface area (Å²) in [7, 11) is 0. The number of nitrogens with one attached hydrogen (secondary N) is 1. The number of aliphatic carboxylic acids is 2. The fraction of sp³-hybridized carbons (Fsp3) is 0.625. The Kier molecular flexibility index (Phi) is 6.71. The molecule has 0 aliphatic carbocycles. The van der Waals surface area contributed by atoms with Crippen LogP contribution in [0, 0.1) is 0 Å². The van der Waals surface area contributed by atoms with Gasteiger partial charge in [0.2, 0.25) is 0 Å². The third-order valence-electron chi connectivity index (χ3n) is 1.80. The predicted molar refractivity (Wildman–Crippen MR) is 56.4 cm³/mol. The number of carbonyl (C=O) groups excluding carboxylic acids is 1. The predicted octanol–water partition coefficient (Wildman–Crippen LogP) is -1.93. The molecule has 0 aromatic heterocycles. The van der Waals surface area contributed by atoms with Gasteiger partial charge < -0.3 is 0 Å². The molecular weight excluding hydrogens is 283 g/mol. The Morgan fingerprint density at radius 1 is 1.31 bits per heavy atom. The summed E-state index contributed by atoms with van der Waals surface area (Å²) in [6.45, 7) is 0. The molecule has 0 aromatic rings. The SMILES string of the molecule is NC(CCC(=O)O)C(=O)NC(C[SeH])C(=O)O. The molecule has 0 rings (SSSR count). The van der Waals surface area contributed by atoms with Crippen LogP contribution < -0.4 is 11.1 Å². The van der Waals surface area contributed by atoms with E-state index >= 15 is 0 Å². The van der Waals surface area contributed by atoms with Crippen molar-refractivity contribution in [3.8, 4) is 0 Å². The van der Waals surface area contributed by atoms with Gasteiger partial charge in [-0.2, -0.15) is 0 Å². The number of hydrogen-bond acceptors (Lipinski definition) is 4. The minimum atomic E-state index is -1.15. The Bertz CT molecular complexity index is 284. The number of nitrogens with two attached hydrogens (primary N) is 1. The zero-order valence-corrected chi connectivity index (χ0v) is 10.3. The molecule has 0 aliphatic heterocycles. The second kappa shape index (κ2) is 7.21. The molecule has 0 saturated heterocycles. The van der Waals surface area contributed by atoms with Gasteiger partial charge in [-0.05, 0) is 0 Å². The van der Waals surface area contributed by atoms with E-state index in [2.05, 4.69) is 21.3 Å². The molecule has 1 amide bonds. The van der Waals surface area contributed by atoms with E-state index in [9.17, 15) is 14.4 Å². The van der Waals surface area contributed by atoms with E-state index in [0.717, 1.165) is 0 Å². The van der Waals surface area contributed by atoms with Crippen molar-refractivity contribution in [1.82, 2.24) is 5.32 Å². The summed E-state index contributed by atoms with van der Waals surface area (Å²) in [5.74, 6) is -2.86. The van der Waals surface area contributed by atoms with E-state index in [1.165, 1.54) is 0 Å². The quantitative estimate of drug-likeness (QED) is 0.405. The maximum absolute atomic E-state index is 11.3. The van der Waals surface area contributed by atoms with Gasteiger partial charge in [0.05, 0.1) is 0 Å². The van der Waals surface area contributed by atoms with Crippen molar-refractivity contribution < 1.29 is 24.6 Å². The van der Waals surface area contributed by atoms with Crippen LogP contribution in [0.4, 0.5) is 0 Å². The summed E-state index contributed by atoms with van der Waals surface area (Å²) in [4.78, 5) is 32.2. The second-order valence-electron chi connectivity index (χ2n) is 3.12. The van der Waals surface area contributed by atoms with Crippen LogP contribution in [0.5, 0.6) is 0 Å². The summed E-state index contributed by atoms with van der Waals surface area (Å²) in [6.07, 6.45) is -0.249. The number of amides is 1. The monoisotopic (exact) mass is 298 g/mol. The molecule has 0 spiro atoms. The van der Waals surface area contributed by atoms with Crippen LogP contribution in [-0.2, 0) is 14.4 Å². The molecule has 5 N–H and O–H groups in total. The molecule has 0 radical (unpaired) electrons. The van der Waals surface area contributed by atoms with E-state index in [0.29, 0.717) is 0 Å². The average molecular weight is 297 g/mol. The summed E-state index contributed by atoms with van der Waals surface area (Å²) in [6, 6.07) is -2.01. The first-order valence-corrected chi connectivity index (χ1v) is 5.82. The van der Waals surface area contributed by atoms with E-state index in [1.54, 1.807) is 0 Å². The topological polar surface area (TPSA) is 130 Å². The van der Waals surface area contributed by atoms with Crippen molar-refractivity contribution in [2.24, 2.45) is 5.73 Å². The number of rotatable bonds is 7. The fourth-order valence-corrected chi connectivity index (χ4v) is 1.39. The molecule has 0 heterocycles. The first-order chi connectivity index (χ1) is 7.38. The molecule has 0 bridgehead atoms. The first-order valence-electron chi connectivity index (χ1n) is 4.50. The van der Waals surface area contributed by atoms with Gasteiger partial charge in [-0.3, -0.25) is 0 Å². The Labute approximate surface area is 100 Å². The van der Waals surface area contributed by atoms with Crippen LogP contribution in [0.25, 0.3) is 0 Å². The van der Waals surface area contributed by atoms with E-state index in [1.807, 2.05) is 0 Å². The van der Waals surface area contributed by atoms with Crippen LogP contribution >= 0.6 is 0 Å². The number of carboxylic acids is 2. The summed E-state index contributed by atoms with van der Waals surface area (Å²) >= 11 is 2.05. The molecule has 92 valence electrons. The molecule has 8 heteroatoms. The normalized spacial score (nSPS) is 13.9. The molecule has 0 saturated carbocycles. The van der Waals surface area contributed by atoms with Crippen LogP contribution in [0.15, 0.2) is 0 Å². The van der Waals surface area contributed by atoms with Gasteiger partial charge in [-0.15, -0.1) is 0 Å². The van der Waals surface area contributed by atoms with Gasteiger partial charge in [0.1, 0.15) is 0 Å². The molecule has 7 nitrogen and oxygen atoms in total. The number of carbonyl (C=O) groups is 3. The van der Waals surface area contributed by atoms with Crippen molar-refractivity contribution in [2.45, 2.75) is 30.2 Å². The van der Waals surface area contributed by atoms with Crippen LogP contribution in [0.3, 0.4) is 0 Å². The van der Waals surface area contributed by atoms with Crippen LogP contribution in [0.1, 0.15) is 12.8 Å². The van der Waals surface area contributed by atoms with Crippen molar-refractivity contribution in [2.75, 3.05) is 0 Å². The summed E-state index contributed by atoms with van der Waals surface area (Å²) < 4.78 is 0. The van der Waals surface area contributed by atoms with Crippen molar-refractivity contribution in [1.29, 1.82) is 0 Å². The zero-order valence-electron chi connectivity index (χ0n) is 8.42. The molecule has 2 unspecified atom stereocenters. The third-order valence-corrected chi connectivity index (χ3v) is 2.57. The average Bonchev–Trinajstić information content (AvgIpc) is 2.21. The number of carboxylic acid groups (broad SMARTS) is 2. The summed E-state index contributed by atoms with van der Waals surface area (Å²) in [5.41, 5.74) is 5.40. The van der Waals surface area contributed by atoms with Crippen molar-refractivity contribution >= 4 is 33.9 Å². The standard InChI is InChI=1S/C8H14N2O5Se/c9-4(1-2-6(11)12)7(13)10-5(3-16)8(14)15/h4-5,16H,1-3,9H2,(H,10,13)(H,11,12)(H,14,15). The first kappa shape index (κ1) is 14.9. The third kappa shape index (κ3) is 5.69. The minimum absolute atomic E-state index is 0.0217.